The summed E-state index contributed by atoms with van der Waals surface area (Å²) in [6.45, 7) is -0.350. The Labute approximate surface area is 154 Å². The van der Waals surface area contributed by atoms with Crippen LogP contribution >= 0.6 is 0 Å². The van der Waals surface area contributed by atoms with Crippen LogP contribution in [0, 0.1) is 6.92 Å². The topological polar surface area (TPSA) is 123 Å². The van der Waals surface area contributed by atoms with E-state index in [4.69, 9.17) is 7.54 Å². The first-order valence-corrected chi connectivity index (χ1v) is 7.86. The Morgan fingerprint density at radius 1 is 1.56 bits per heavy atom. The van der Waals surface area contributed by atoms with Crippen molar-refractivity contribution in [3.63, 3.8) is 0 Å². The summed E-state index contributed by atoms with van der Waals surface area (Å²) in [5.74, 6) is -2.10. The van der Waals surface area contributed by atoms with Gasteiger partial charge in [-0.05, 0) is 13.3 Å². The van der Waals surface area contributed by atoms with Gasteiger partial charge in [0.15, 0.2) is 0 Å². The van der Waals surface area contributed by atoms with Gasteiger partial charge in [0.05, 0.1) is 14.1 Å². The van der Waals surface area contributed by atoms with E-state index < -0.39 is 42.2 Å². The zero-order valence-corrected chi connectivity index (χ0v) is 14.7. The van der Waals surface area contributed by atoms with E-state index in [0.29, 0.717) is 0 Å². The van der Waals surface area contributed by atoms with Crippen molar-refractivity contribution in [2.75, 3.05) is 20.2 Å². The van der Waals surface area contributed by atoms with Crippen LogP contribution in [-0.4, -0.2) is 59.2 Å². The molecule has 12 heteroatoms. The van der Waals surface area contributed by atoms with Crippen molar-refractivity contribution in [3.05, 3.63) is 32.6 Å². The summed E-state index contributed by atoms with van der Waals surface area (Å²) in [4.78, 5) is 35.3. The van der Waals surface area contributed by atoms with E-state index in [2.05, 4.69) is 5.11 Å². The Kier molecular flexibility index (Phi) is 7.01. The van der Waals surface area contributed by atoms with Crippen molar-refractivity contribution in [3.8, 4) is 0 Å². The molecule has 1 aliphatic rings. The fourth-order valence-corrected chi connectivity index (χ4v) is 2.38. The van der Waals surface area contributed by atoms with Crippen LogP contribution < -0.4 is 16.6 Å². The maximum absolute atomic E-state index is 12.5. The van der Waals surface area contributed by atoms with Gasteiger partial charge in [0.2, 0.25) is 1.43 Å². The Balaban J connectivity index is 0.00000132. The molecule has 0 radical (unpaired) electrons. The fraction of sp³-hybridized carbons (Fsp3) is 0.667. The fourth-order valence-electron chi connectivity index (χ4n) is 2.38. The highest BCUT2D eigenvalue weighted by atomic mass is 19.4. The van der Waals surface area contributed by atoms with Gasteiger partial charge in [-0.2, -0.15) is 13.2 Å². The number of carbonyl (C=O) groups is 1. The van der Waals surface area contributed by atoms with E-state index in [0.717, 1.165) is 9.13 Å². The Morgan fingerprint density at radius 2 is 2.19 bits per heavy atom. The van der Waals surface area contributed by atoms with Crippen LogP contribution in [0.5, 0.6) is 0 Å². The first kappa shape index (κ1) is 19.6. The van der Waals surface area contributed by atoms with Crippen molar-refractivity contribution < 1.29 is 34.3 Å². The van der Waals surface area contributed by atoms with E-state index in [9.17, 15) is 32.7 Å². The van der Waals surface area contributed by atoms with Crippen molar-refractivity contribution in [1.82, 2.24) is 14.5 Å². The summed E-state index contributed by atoms with van der Waals surface area (Å²) in [6, 6.07) is 0. The molecule has 3 atom stereocenters. The number of hydrogen-bond donors (Lipinski definition) is 3. The Bertz CT molecular complexity index is 804. The number of nitrogens with zero attached hydrogens (tertiary/aromatic N) is 2. The number of alkyl halides is 3. The Morgan fingerprint density at radius 3 is 2.70 bits per heavy atom. The molecule has 27 heavy (non-hydrogen) atoms. The molecular weight excluding hydrogens is 375 g/mol. The van der Waals surface area contributed by atoms with Gasteiger partial charge in [-0.1, -0.05) is 0 Å². The first-order valence-electron chi connectivity index (χ1n) is 8.85. The number of rotatable bonds is 5. The second-order valence-corrected chi connectivity index (χ2v) is 5.60. The molecular formula is C15H22F3N3O6. The lowest BCUT2D eigenvalue weighted by Gasteiger charge is -2.16. The molecule has 0 aliphatic carbocycles. The minimum Gasteiger partial charge on any atom is -0.400 e. The Hall–Kier alpha value is -2.18. The van der Waals surface area contributed by atoms with Crippen molar-refractivity contribution >= 4 is 5.91 Å². The van der Waals surface area contributed by atoms with Gasteiger partial charge in [-0.25, -0.2) is 4.79 Å². The van der Waals surface area contributed by atoms with Crippen LogP contribution in [0.1, 0.15) is 26.0 Å². The minimum atomic E-state index is -5.00. The van der Waals surface area contributed by atoms with Crippen molar-refractivity contribution in [2.45, 2.75) is 44.8 Å². The van der Waals surface area contributed by atoms with E-state index in [-0.39, 0.29) is 31.5 Å². The maximum Gasteiger partial charge on any atom is 0.471 e. The molecule has 3 unspecified atom stereocenters. The molecule has 0 saturated carbocycles. The van der Waals surface area contributed by atoms with E-state index in [1.807, 2.05) is 0 Å². The van der Waals surface area contributed by atoms with Crippen LogP contribution in [0.4, 0.5) is 13.2 Å². The molecule has 1 aliphatic heterocycles. The molecule has 3 N–H and O–H groups in total. The summed E-state index contributed by atoms with van der Waals surface area (Å²) in [5.41, 5.74) is -1.20. The summed E-state index contributed by atoms with van der Waals surface area (Å²) < 4.78 is 56.5. The molecule has 1 fully saturated rings. The predicted octanol–water partition coefficient (Wildman–Crippen LogP) is -0.725. The highest BCUT2D eigenvalue weighted by molar-refractivity contribution is 5.81. The van der Waals surface area contributed by atoms with Gasteiger partial charge in [0, 0.05) is 38.4 Å². The SMILES string of the molecule is [2H]C1OC(n2cc(C)c(=O)n(CCCNC(=O)C(F)(F)F)c2=O)CC1O.[3H]OC. The molecule has 1 amide bonds. The molecule has 154 valence electrons. The number of aryl methyl sites for hydroxylation is 1. The predicted molar refractivity (Wildman–Crippen MR) is 87.1 cm³/mol. The van der Waals surface area contributed by atoms with Crippen molar-refractivity contribution in [1.29, 1.82) is 1.43 Å². The van der Waals surface area contributed by atoms with E-state index in [1.165, 1.54) is 20.2 Å². The van der Waals surface area contributed by atoms with Crippen LogP contribution in [0.3, 0.4) is 0 Å². The monoisotopic (exact) mass is 400 g/mol. The molecule has 1 saturated heterocycles. The number of hydrogen-bond acceptors (Lipinski definition) is 6. The zero-order chi connectivity index (χ0) is 22.4. The van der Waals surface area contributed by atoms with Gasteiger partial charge >= 0.3 is 17.8 Å². The number of ether oxygens (including phenoxy) is 1. The van der Waals surface area contributed by atoms with Gasteiger partial charge in [0.25, 0.3) is 5.56 Å². The third-order valence-corrected chi connectivity index (χ3v) is 3.61. The zero-order valence-electron chi connectivity index (χ0n) is 16.7. The first-order chi connectivity index (χ1) is 13.4. The maximum atomic E-state index is 12.5. The average molecular weight is 400 g/mol. The summed E-state index contributed by atoms with van der Waals surface area (Å²) in [5, 5.41) is 14.7. The van der Waals surface area contributed by atoms with Crippen LogP contribution in [0.15, 0.2) is 15.8 Å². The molecule has 1 aromatic rings. The number of amides is 1. The normalized spacial score (nSPS) is 23.1. The largest absolute Gasteiger partial charge is 0.471 e. The molecule has 0 aromatic carbocycles. The standard InChI is InChI=1S/C14H18F3N3O5.CH4O/c1-8-6-20(10-5-9(21)7-25-10)13(24)19(11(8)22)4-2-3-18-12(23)14(15,16)17;1-2/h6,9-10,21H,2-5,7H2,1H3,(H,18,23);2H,1H3/i7D;2T. The lowest BCUT2D eigenvalue weighted by molar-refractivity contribution is -0.173. The van der Waals surface area contributed by atoms with Crippen LogP contribution in [0.2, 0.25) is 0 Å². The highest BCUT2D eigenvalue weighted by Gasteiger charge is 2.38. The number of nitrogens with one attached hydrogen (secondary N) is 1. The van der Waals surface area contributed by atoms with Gasteiger partial charge in [-0.3, -0.25) is 18.7 Å². The molecule has 2 heterocycles. The summed E-state index contributed by atoms with van der Waals surface area (Å²) >= 11 is 0. The van der Waals surface area contributed by atoms with Gasteiger partial charge < -0.3 is 20.3 Å². The van der Waals surface area contributed by atoms with Crippen LogP contribution in [0.25, 0.3) is 0 Å². The lowest BCUT2D eigenvalue weighted by Crippen LogP contribution is -2.43. The number of aromatic nitrogens is 2. The molecule has 2 rings (SSSR count). The van der Waals surface area contributed by atoms with E-state index >= 15 is 0 Å². The molecule has 1 aromatic heterocycles. The second kappa shape index (κ2) is 9.67. The molecule has 9 nitrogen and oxygen atoms in total. The summed E-state index contributed by atoms with van der Waals surface area (Å²) in [6.07, 6.45) is -5.83. The van der Waals surface area contributed by atoms with Gasteiger partial charge in [0.1, 0.15) is 6.23 Å². The number of aliphatic hydroxyl groups is 2. The quantitative estimate of drug-likeness (QED) is 0.561. The lowest BCUT2D eigenvalue weighted by atomic mass is 10.3. The minimum absolute atomic E-state index is 0.00659. The number of carbonyl (C=O) groups excluding carboxylic acids is 1. The third kappa shape index (κ3) is 5.91. The molecule has 0 spiro atoms. The molecule has 0 bridgehead atoms. The van der Waals surface area contributed by atoms with Crippen molar-refractivity contribution in [2.24, 2.45) is 0 Å². The van der Waals surface area contributed by atoms with Crippen LogP contribution in [-0.2, 0) is 16.1 Å². The smallest absolute Gasteiger partial charge is 0.400 e. The number of aliphatic hydroxyl groups excluding tert-OH is 2. The third-order valence-electron chi connectivity index (χ3n) is 3.61. The van der Waals surface area contributed by atoms with Gasteiger partial charge in [-0.15, -0.1) is 0 Å². The van der Waals surface area contributed by atoms with E-state index in [1.54, 1.807) is 5.32 Å². The summed E-state index contributed by atoms with van der Waals surface area (Å²) in [7, 11) is 1.29. The highest BCUT2D eigenvalue weighted by Crippen LogP contribution is 2.21. The number of halogens is 3. The second-order valence-electron chi connectivity index (χ2n) is 5.60. The average Bonchev–Trinajstić information content (AvgIpc) is 2.95.